The van der Waals surface area contributed by atoms with E-state index in [1.54, 1.807) is 6.20 Å². The average molecular weight is 365 g/mol. The number of carbonyl (C=O) groups is 1. The van der Waals surface area contributed by atoms with Crippen LogP contribution in [0.15, 0.2) is 24.4 Å². The smallest absolute Gasteiger partial charge is 0.349 e. The molecule has 0 radical (unpaired) electrons. The van der Waals surface area contributed by atoms with Gasteiger partial charge in [0.1, 0.15) is 0 Å². The highest BCUT2D eigenvalue weighted by atomic mass is 19.4. The van der Waals surface area contributed by atoms with Crippen molar-refractivity contribution in [1.29, 1.82) is 0 Å². The number of aromatic nitrogens is 2. The molecule has 0 fully saturated rings. The Morgan fingerprint density at radius 1 is 1.35 bits per heavy atom. The van der Waals surface area contributed by atoms with Gasteiger partial charge in [-0.1, -0.05) is 12.1 Å². The Balaban J connectivity index is 1.80. The van der Waals surface area contributed by atoms with Crippen LogP contribution in [0.2, 0.25) is 0 Å². The highest BCUT2D eigenvalue weighted by Crippen LogP contribution is 2.32. The predicted molar refractivity (Wildman–Crippen MR) is 92.1 cm³/mol. The number of halogens is 3. The van der Waals surface area contributed by atoms with Crippen LogP contribution in [-0.4, -0.2) is 21.9 Å². The molecule has 0 saturated heterocycles. The summed E-state index contributed by atoms with van der Waals surface area (Å²) >= 11 is 0. The number of carbonyl (C=O) groups excluding carboxylic acids is 1. The molecular formula is C19H22F3N3O. The van der Waals surface area contributed by atoms with Crippen LogP contribution in [0.25, 0.3) is 5.69 Å². The minimum Gasteiger partial charge on any atom is -0.349 e. The van der Waals surface area contributed by atoms with Gasteiger partial charge in [0.25, 0.3) is 0 Å². The Morgan fingerprint density at radius 3 is 2.85 bits per heavy atom. The summed E-state index contributed by atoms with van der Waals surface area (Å²) in [6.07, 6.45) is -1.83. The lowest BCUT2D eigenvalue weighted by Crippen LogP contribution is -2.31. The van der Waals surface area contributed by atoms with Crippen molar-refractivity contribution < 1.29 is 18.0 Å². The highest BCUT2D eigenvalue weighted by Gasteiger charge is 2.30. The summed E-state index contributed by atoms with van der Waals surface area (Å²) in [6, 6.07) is 5.74. The lowest BCUT2D eigenvalue weighted by Gasteiger charge is -2.24. The molecule has 2 aromatic rings. The first-order valence-electron chi connectivity index (χ1n) is 8.76. The van der Waals surface area contributed by atoms with Crippen molar-refractivity contribution in [3.63, 3.8) is 0 Å². The third-order valence-corrected chi connectivity index (χ3v) is 4.96. The number of nitrogens with zero attached hydrogens (tertiary/aromatic N) is 2. The molecule has 3 rings (SSSR count). The third kappa shape index (κ3) is 3.92. The molecule has 1 amide bonds. The van der Waals surface area contributed by atoms with Crippen LogP contribution in [0.3, 0.4) is 0 Å². The molecule has 1 N–H and O–H groups in total. The minimum atomic E-state index is -4.32. The predicted octanol–water partition coefficient (Wildman–Crippen LogP) is 4.33. The van der Waals surface area contributed by atoms with Gasteiger partial charge < -0.3 is 5.32 Å². The molecule has 1 atom stereocenters. The monoisotopic (exact) mass is 365 g/mol. The van der Waals surface area contributed by atoms with Crippen molar-refractivity contribution in [2.75, 3.05) is 0 Å². The number of hydrogen-bond acceptors (Lipinski definition) is 2. The lowest BCUT2D eigenvalue weighted by atomic mass is 9.92. The van der Waals surface area contributed by atoms with Crippen molar-refractivity contribution >= 4 is 5.91 Å². The molecule has 4 nitrogen and oxygen atoms in total. The van der Waals surface area contributed by atoms with Gasteiger partial charge in [-0.3, -0.25) is 4.79 Å². The van der Waals surface area contributed by atoms with Gasteiger partial charge in [-0.25, -0.2) is 4.68 Å². The number of nitrogens with one attached hydrogen (secondary N) is 1. The number of fused-ring (bicyclic) bond motifs is 1. The summed E-state index contributed by atoms with van der Waals surface area (Å²) in [5.74, 6) is -0.570. The van der Waals surface area contributed by atoms with Crippen molar-refractivity contribution in [1.82, 2.24) is 15.1 Å². The van der Waals surface area contributed by atoms with Crippen molar-refractivity contribution in [2.24, 2.45) is 0 Å². The maximum absolute atomic E-state index is 12.3. The van der Waals surface area contributed by atoms with E-state index in [1.807, 2.05) is 36.7 Å². The van der Waals surface area contributed by atoms with Gasteiger partial charge in [0, 0.05) is 17.7 Å². The molecule has 7 heteroatoms. The average Bonchev–Trinajstić information content (AvgIpc) is 3.00. The molecular weight excluding hydrogens is 343 g/mol. The summed E-state index contributed by atoms with van der Waals surface area (Å²) < 4.78 is 38.8. The standard InChI is InChI=1S/C19H22F3N3O/c1-12-5-3-7-16(13(12)2)25-17-8-4-6-15(14(17)11-23-25)24-18(26)9-10-19(20,21)22/h3,5,7,11,15H,4,6,8-10H2,1-2H3,(H,24,26). The maximum Gasteiger partial charge on any atom is 0.389 e. The third-order valence-electron chi connectivity index (χ3n) is 4.96. The van der Waals surface area contributed by atoms with Crippen LogP contribution in [0.5, 0.6) is 0 Å². The number of benzene rings is 1. The first-order valence-corrected chi connectivity index (χ1v) is 8.76. The van der Waals surface area contributed by atoms with E-state index in [0.29, 0.717) is 6.42 Å². The Kier molecular flexibility index (Phi) is 5.07. The summed E-state index contributed by atoms with van der Waals surface area (Å²) in [4.78, 5) is 11.9. The Morgan fingerprint density at radius 2 is 2.12 bits per heavy atom. The molecule has 1 aliphatic carbocycles. The van der Waals surface area contributed by atoms with E-state index in [-0.39, 0.29) is 6.04 Å². The summed E-state index contributed by atoms with van der Waals surface area (Å²) in [6.45, 7) is 4.08. The largest absolute Gasteiger partial charge is 0.389 e. The second-order valence-corrected chi connectivity index (χ2v) is 6.80. The fourth-order valence-electron chi connectivity index (χ4n) is 3.40. The molecule has 0 saturated carbocycles. The Hall–Kier alpha value is -2.31. The number of rotatable bonds is 4. The molecule has 0 bridgehead atoms. The summed E-state index contributed by atoms with van der Waals surface area (Å²) in [5, 5.41) is 7.24. The number of hydrogen-bond donors (Lipinski definition) is 1. The van der Waals surface area contributed by atoms with Crippen LogP contribution in [-0.2, 0) is 11.2 Å². The van der Waals surface area contributed by atoms with E-state index in [2.05, 4.69) is 10.4 Å². The normalized spacial score (nSPS) is 17.0. The number of alkyl halides is 3. The van der Waals surface area contributed by atoms with E-state index in [9.17, 15) is 18.0 Å². The minimum absolute atomic E-state index is 0.279. The molecule has 1 aromatic carbocycles. The van der Waals surface area contributed by atoms with E-state index in [1.165, 1.54) is 5.56 Å². The molecule has 0 spiro atoms. The molecule has 140 valence electrons. The van der Waals surface area contributed by atoms with Gasteiger partial charge in [-0.2, -0.15) is 18.3 Å². The molecule has 1 aliphatic rings. The van der Waals surface area contributed by atoms with Gasteiger partial charge in [0.05, 0.1) is 24.3 Å². The van der Waals surface area contributed by atoms with Gasteiger partial charge in [0.2, 0.25) is 5.91 Å². The summed E-state index contributed by atoms with van der Waals surface area (Å²) in [5.41, 5.74) is 5.22. The molecule has 26 heavy (non-hydrogen) atoms. The van der Waals surface area contributed by atoms with Gasteiger partial charge in [-0.05, 0) is 50.3 Å². The second-order valence-electron chi connectivity index (χ2n) is 6.80. The van der Waals surface area contributed by atoms with Crippen molar-refractivity contribution in [2.45, 2.75) is 58.2 Å². The molecule has 0 aliphatic heterocycles. The van der Waals surface area contributed by atoms with Gasteiger partial charge in [0.15, 0.2) is 0 Å². The van der Waals surface area contributed by atoms with Crippen LogP contribution in [0.4, 0.5) is 13.2 Å². The van der Waals surface area contributed by atoms with Crippen molar-refractivity contribution in [3.8, 4) is 5.69 Å². The van der Waals surface area contributed by atoms with Crippen LogP contribution in [0, 0.1) is 13.8 Å². The molecule has 1 aromatic heterocycles. The fraction of sp³-hybridized carbons (Fsp3) is 0.474. The zero-order chi connectivity index (χ0) is 18.9. The maximum atomic E-state index is 12.3. The zero-order valence-electron chi connectivity index (χ0n) is 14.9. The van der Waals surface area contributed by atoms with Crippen LogP contribution < -0.4 is 5.32 Å². The van der Waals surface area contributed by atoms with Gasteiger partial charge in [-0.15, -0.1) is 0 Å². The second kappa shape index (κ2) is 7.13. The first kappa shape index (κ1) is 18.5. The Bertz CT molecular complexity index is 811. The first-order chi connectivity index (χ1) is 12.3. The molecule has 1 heterocycles. The van der Waals surface area contributed by atoms with E-state index in [4.69, 9.17) is 0 Å². The van der Waals surface area contributed by atoms with E-state index >= 15 is 0 Å². The number of aryl methyl sites for hydroxylation is 1. The van der Waals surface area contributed by atoms with Crippen LogP contribution in [0.1, 0.15) is 54.1 Å². The fourth-order valence-corrected chi connectivity index (χ4v) is 3.40. The molecule has 1 unspecified atom stereocenters. The topological polar surface area (TPSA) is 46.9 Å². The van der Waals surface area contributed by atoms with Gasteiger partial charge >= 0.3 is 6.18 Å². The quantitative estimate of drug-likeness (QED) is 0.877. The summed E-state index contributed by atoms with van der Waals surface area (Å²) in [7, 11) is 0. The number of amides is 1. The zero-order valence-corrected chi connectivity index (χ0v) is 14.9. The van der Waals surface area contributed by atoms with Crippen LogP contribution >= 0.6 is 0 Å². The highest BCUT2D eigenvalue weighted by molar-refractivity contribution is 5.76. The van der Waals surface area contributed by atoms with E-state index < -0.39 is 24.9 Å². The van der Waals surface area contributed by atoms with Crippen molar-refractivity contribution in [3.05, 3.63) is 46.8 Å². The van der Waals surface area contributed by atoms with E-state index in [0.717, 1.165) is 35.3 Å². The SMILES string of the molecule is Cc1cccc(-n2ncc3c2CCCC3NC(=O)CCC(F)(F)F)c1C. The Labute approximate surface area is 150 Å². The lowest BCUT2D eigenvalue weighted by molar-refractivity contribution is -0.144.